The molecule has 38 heavy (non-hydrogen) atoms. The average Bonchev–Trinajstić information content (AvgIpc) is 3.12. The number of unbranched alkanes of at least 4 members (excludes halogenated alkanes) is 1. The van der Waals surface area contributed by atoms with Crippen molar-refractivity contribution in [2.24, 2.45) is 4.99 Å². The van der Waals surface area contributed by atoms with Crippen LogP contribution < -0.4 is 26.4 Å². The van der Waals surface area contributed by atoms with Crippen molar-refractivity contribution in [3.05, 3.63) is 29.5 Å². The third-order valence-corrected chi connectivity index (χ3v) is 6.07. The van der Waals surface area contributed by atoms with E-state index in [0.29, 0.717) is 43.4 Å². The largest absolute Gasteiger partial charge is 0.496 e. The number of amides is 1. The van der Waals surface area contributed by atoms with Crippen molar-refractivity contribution in [3.8, 4) is 5.75 Å². The first kappa shape index (κ1) is 28.8. The number of hydrogen-bond donors (Lipinski definition) is 3. The number of nitrogens with two attached hydrogens (primary N) is 2. The molecule has 2 aromatic rings. The van der Waals surface area contributed by atoms with Crippen molar-refractivity contribution in [1.82, 2.24) is 14.9 Å². The predicted molar refractivity (Wildman–Crippen MR) is 153 cm³/mol. The van der Waals surface area contributed by atoms with Gasteiger partial charge in [-0.2, -0.15) is 4.98 Å². The normalized spacial score (nSPS) is 14.4. The molecule has 11 heteroatoms. The summed E-state index contributed by atoms with van der Waals surface area (Å²) in [5, 5.41) is 3.21. The molecule has 1 amide bonds. The Morgan fingerprint density at radius 1 is 1.18 bits per heavy atom. The maximum Gasteiger partial charge on any atom is 0.410 e. The number of aromatic nitrogens is 2. The van der Waals surface area contributed by atoms with E-state index in [2.05, 4.69) is 38.2 Å². The SMILES string of the molecule is CCCCNc1nc(N)nc(C=NCc2ccc(N3CCCN(C(=O)OC(C)(C)C)CC3)cc2OC)c1N. The monoisotopic (exact) mass is 526 g/mol. The van der Waals surface area contributed by atoms with Gasteiger partial charge in [0.05, 0.1) is 13.7 Å². The molecule has 1 aliphatic rings. The second-order valence-corrected chi connectivity index (χ2v) is 10.3. The molecule has 11 nitrogen and oxygen atoms in total. The van der Waals surface area contributed by atoms with Crippen LogP contribution in [0.2, 0.25) is 0 Å². The highest BCUT2D eigenvalue weighted by molar-refractivity contribution is 5.88. The summed E-state index contributed by atoms with van der Waals surface area (Å²) in [5.41, 5.74) is 14.5. The lowest BCUT2D eigenvalue weighted by atomic mass is 10.1. The van der Waals surface area contributed by atoms with Gasteiger partial charge in [-0.15, -0.1) is 0 Å². The van der Waals surface area contributed by atoms with Crippen LogP contribution in [0.3, 0.4) is 0 Å². The van der Waals surface area contributed by atoms with Crippen molar-refractivity contribution in [2.45, 2.75) is 59.1 Å². The lowest BCUT2D eigenvalue weighted by Gasteiger charge is -2.27. The topological polar surface area (TPSA) is 144 Å². The predicted octanol–water partition coefficient (Wildman–Crippen LogP) is 3.93. The van der Waals surface area contributed by atoms with E-state index < -0.39 is 5.60 Å². The second-order valence-electron chi connectivity index (χ2n) is 10.3. The Hall–Kier alpha value is -3.76. The summed E-state index contributed by atoms with van der Waals surface area (Å²) in [6, 6.07) is 6.08. The Morgan fingerprint density at radius 2 is 1.97 bits per heavy atom. The maximum absolute atomic E-state index is 12.5. The first-order valence-electron chi connectivity index (χ1n) is 13.2. The molecule has 2 heterocycles. The molecule has 1 fully saturated rings. The number of aliphatic imine (C=N–C) groups is 1. The van der Waals surface area contributed by atoms with Crippen molar-refractivity contribution in [1.29, 1.82) is 0 Å². The third-order valence-electron chi connectivity index (χ3n) is 6.07. The van der Waals surface area contributed by atoms with E-state index in [4.69, 9.17) is 20.9 Å². The smallest absolute Gasteiger partial charge is 0.410 e. The summed E-state index contributed by atoms with van der Waals surface area (Å²) in [4.78, 5) is 29.5. The number of nitrogens with zero attached hydrogens (tertiary/aromatic N) is 5. The Labute approximate surface area is 225 Å². The van der Waals surface area contributed by atoms with E-state index in [1.165, 1.54) is 0 Å². The molecule has 0 unspecified atom stereocenters. The second kappa shape index (κ2) is 13.2. The van der Waals surface area contributed by atoms with E-state index in [9.17, 15) is 4.79 Å². The van der Waals surface area contributed by atoms with Gasteiger partial charge in [-0.1, -0.05) is 19.4 Å². The van der Waals surface area contributed by atoms with Crippen LogP contribution in [0.5, 0.6) is 5.75 Å². The fourth-order valence-electron chi connectivity index (χ4n) is 4.10. The minimum atomic E-state index is -0.506. The number of rotatable bonds is 9. The minimum absolute atomic E-state index is 0.143. The summed E-state index contributed by atoms with van der Waals surface area (Å²) < 4.78 is 11.2. The van der Waals surface area contributed by atoms with Crippen LogP contribution in [-0.4, -0.2) is 72.6 Å². The van der Waals surface area contributed by atoms with Gasteiger partial charge in [0.25, 0.3) is 0 Å². The third kappa shape index (κ3) is 8.12. The van der Waals surface area contributed by atoms with E-state index in [1.54, 1.807) is 18.2 Å². The van der Waals surface area contributed by atoms with E-state index >= 15 is 0 Å². The summed E-state index contributed by atoms with van der Waals surface area (Å²) in [7, 11) is 1.65. The Balaban J connectivity index is 1.66. The van der Waals surface area contributed by atoms with E-state index in [0.717, 1.165) is 49.4 Å². The van der Waals surface area contributed by atoms with Crippen LogP contribution in [-0.2, 0) is 11.3 Å². The van der Waals surface area contributed by atoms with Gasteiger partial charge in [0.1, 0.15) is 22.7 Å². The Kier molecular flexibility index (Phi) is 9.98. The molecule has 0 saturated carbocycles. The molecule has 1 saturated heterocycles. The number of nitrogen functional groups attached to an aromatic ring is 2. The number of anilines is 4. The Morgan fingerprint density at radius 3 is 2.68 bits per heavy atom. The van der Waals surface area contributed by atoms with Crippen LogP contribution in [0, 0.1) is 0 Å². The van der Waals surface area contributed by atoms with E-state index in [1.807, 2.05) is 32.9 Å². The summed E-state index contributed by atoms with van der Waals surface area (Å²) in [6.07, 6.45) is 4.27. The molecule has 0 aliphatic carbocycles. The number of benzene rings is 1. The Bertz CT molecular complexity index is 1120. The lowest BCUT2D eigenvalue weighted by Crippen LogP contribution is -2.39. The number of ether oxygens (including phenoxy) is 2. The van der Waals surface area contributed by atoms with Gasteiger partial charge in [-0.3, -0.25) is 4.99 Å². The number of nitrogens with one attached hydrogen (secondary N) is 1. The fourth-order valence-corrected chi connectivity index (χ4v) is 4.10. The molecule has 208 valence electrons. The van der Waals surface area contributed by atoms with Gasteiger partial charge in [0.15, 0.2) is 5.82 Å². The summed E-state index contributed by atoms with van der Waals surface area (Å²) in [6.45, 7) is 11.7. The standard InChI is InChI=1S/C27H42N8O3/c1-6-7-11-31-24-23(28)21(32-25(29)33-24)18-30-17-19-9-10-20(16-22(19)37-5)34-12-8-13-35(15-14-34)26(36)38-27(2,3)4/h9-10,16,18H,6-8,11-15,17,28H2,1-5H3,(H3,29,31,32,33). The zero-order chi connectivity index (χ0) is 27.7. The number of carbonyl (C=O) groups is 1. The molecule has 3 rings (SSSR count). The molecule has 1 aliphatic heterocycles. The first-order valence-corrected chi connectivity index (χ1v) is 13.2. The molecular formula is C27H42N8O3. The highest BCUT2D eigenvalue weighted by atomic mass is 16.6. The van der Waals surface area contributed by atoms with Gasteiger partial charge in [-0.25, -0.2) is 9.78 Å². The maximum atomic E-state index is 12.5. The molecule has 0 atom stereocenters. The minimum Gasteiger partial charge on any atom is -0.496 e. The summed E-state index contributed by atoms with van der Waals surface area (Å²) >= 11 is 0. The summed E-state index contributed by atoms with van der Waals surface area (Å²) in [5.74, 6) is 1.41. The number of carbonyl (C=O) groups excluding carboxylic acids is 1. The molecule has 0 spiro atoms. The van der Waals surface area contributed by atoms with Crippen LogP contribution >= 0.6 is 0 Å². The quantitative estimate of drug-likeness (QED) is 0.327. The van der Waals surface area contributed by atoms with Crippen LogP contribution in [0.4, 0.5) is 27.9 Å². The van der Waals surface area contributed by atoms with Gasteiger partial charge in [0.2, 0.25) is 5.95 Å². The molecule has 1 aromatic heterocycles. The van der Waals surface area contributed by atoms with Gasteiger partial charge < -0.3 is 36.1 Å². The van der Waals surface area contributed by atoms with Crippen molar-refractivity contribution in [3.63, 3.8) is 0 Å². The fraction of sp³-hybridized carbons (Fsp3) is 0.556. The van der Waals surface area contributed by atoms with E-state index in [-0.39, 0.29) is 12.0 Å². The number of hydrogen-bond acceptors (Lipinski definition) is 10. The number of methoxy groups -OCH3 is 1. The van der Waals surface area contributed by atoms with Gasteiger partial charge >= 0.3 is 6.09 Å². The molecular weight excluding hydrogens is 484 g/mol. The average molecular weight is 527 g/mol. The van der Waals surface area contributed by atoms with Gasteiger partial charge in [-0.05, 0) is 39.7 Å². The van der Waals surface area contributed by atoms with Crippen molar-refractivity contribution >= 4 is 35.4 Å². The zero-order valence-corrected chi connectivity index (χ0v) is 23.3. The van der Waals surface area contributed by atoms with Crippen molar-refractivity contribution < 1.29 is 14.3 Å². The molecule has 0 radical (unpaired) electrons. The van der Waals surface area contributed by atoms with Crippen molar-refractivity contribution in [2.75, 3.05) is 61.5 Å². The van der Waals surface area contributed by atoms with Crippen LogP contribution in [0.15, 0.2) is 23.2 Å². The van der Waals surface area contributed by atoms with Gasteiger partial charge in [0, 0.05) is 56.3 Å². The highest BCUT2D eigenvalue weighted by Crippen LogP contribution is 2.28. The molecule has 0 bridgehead atoms. The lowest BCUT2D eigenvalue weighted by molar-refractivity contribution is 0.0263. The first-order chi connectivity index (χ1) is 18.1. The molecule has 5 N–H and O–H groups in total. The highest BCUT2D eigenvalue weighted by Gasteiger charge is 2.24. The van der Waals surface area contributed by atoms with Crippen LogP contribution in [0.25, 0.3) is 0 Å². The molecule has 1 aromatic carbocycles. The zero-order valence-electron chi connectivity index (χ0n) is 23.3. The van der Waals surface area contributed by atoms with Crippen LogP contribution in [0.1, 0.15) is 58.2 Å².